The van der Waals surface area contributed by atoms with Gasteiger partial charge in [-0.05, 0) is 155 Å². The number of unbranched alkanes of at least 4 members (excludes halogenated alkanes) is 8. The van der Waals surface area contributed by atoms with Crippen molar-refractivity contribution in [3.05, 3.63) is 309 Å². The molecule has 4 heterocycles. The number of hydrogen-bond donors (Lipinski definition) is 0. The molecule has 4 aromatic heterocycles. The van der Waals surface area contributed by atoms with Gasteiger partial charge in [-0.2, -0.15) is 0 Å². The van der Waals surface area contributed by atoms with Gasteiger partial charge < -0.3 is 18.3 Å². The minimum atomic E-state index is -1.51. The van der Waals surface area contributed by atoms with Gasteiger partial charge in [0.05, 0.1) is 27.5 Å². The molecule has 506 valence electrons. The standard InChI is InChI=1S/C91H66F8N4/c1-3-5-7-9-19-45-100-77-25-15-11-21-63(77)69-51-59(37-43-79(69)100)91(60-38-44-80-70(52-60)64-22-12-16-26-78(64)101(80)46-20-10-8-6-4-2)71-49-57(31-29-55-35-41-83-67(47-55)65-23-13-17-27-81(65)102(83)89-85(96)73(92)53-74(93)86(89)97)33-39-61(71)62-40-34-58(50-72(62)91)32-30-56-36-42-84-68(48-56)66-24-14-18-28-82(66)103(84)90-87(98)75(94)54-76(95)88(90)99/h11-18,21-28,33-44,47-54H,3-10,19-20,45-46H2,1-2H3. The van der Waals surface area contributed by atoms with Crippen LogP contribution >= 0.6 is 0 Å². The Kier molecular flexibility index (Phi) is 16.4. The minimum Gasteiger partial charge on any atom is -0.340 e. The van der Waals surface area contributed by atoms with Crippen LogP contribution in [0.3, 0.4) is 0 Å². The second kappa shape index (κ2) is 26.1. The zero-order valence-electron chi connectivity index (χ0n) is 56.6. The average Bonchev–Trinajstić information content (AvgIpc) is 1.53. The van der Waals surface area contributed by atoms with E-state index in [1.807, 2.05) is 24.3 Å². The van der Waals surface area contributed by atoms with Gasteiger partial charge in [0, 0.05) is 113 Å². The molecule has 0 atom stereocenters. The highest BCUT2D eigenvalue weighted by molar-refractivity contribution is 6.13. The molecule has 4 nitrogen and oxygen atoms in total. The zero-order chi connectivity index (χ0) is 70.4. The minimum absolute atomic E-state index is 0.212. The van der Waals surface area contributed by atoms with E-state index in [1.54, 1.807) is 72.8 Å². The van der Waals surface area contributed by atoms with Crippen molar-refractivity contribution in [2.45, 2.75) is 96.6 Å². The van der Waals surface area contributed by atoms with Crippen molar-refractivity contribution in [2.24, 2.45) is 0 Å². The van der Waals surface area contributed by atoms with Crippen LogP contribution in [-0.2, 0) is 18.5 Å². The lowest BCUT2D eigenvalue weighted by Crippen LogP contribution is -2.29. The van der Waals surface area contributed by atoms with Gasteiger partial charge in [-0.3, -0.25) is 0 Å². The largest absolute Gasteiger partial charge is 0.340 e. The maximum Gasteiger partial charge on any atom is 0.186 e. The Hall–Kier alpha value is -11.6. The van der Waals surface area contributed by atoms with Crippen LogP contribution in [0, 0.1) is 70.2 Å². The Morgan fingerprint density at radius 1 is 0.282 bits per heavy atom. The molecule has 0 aliphatic heterocycles. The maximum absolute atomic E-state index is 15.7. The van der Waals surface area contributed by atoms with Crippen LogP contribution in [0.2, 0.25) is 0 Å². The van der Waals surface area contributed by atoms with Crippen molar-refractivity contribution in [1.29, 1.82) is 0 Å². The molecule has 0 bridgehead atoms. The summed E-state index contributed by atoms with van der Waals surface area (Å²) < 4.78 is 130. The zero-order valence-corrected chi connectivity index (χ0v) is 56.6. The number of halogens is 8. The van der Waals surface area contributed by atoms with Crippen LogP contribution < -0.4 is 0 Å². The summed E-state index contributed by atoms with van der Waals surface area (Å²) in [6.07, 6.45) is 11.4. The quantitative estimate of drug-likeness (QED) is 0.0398. The smallest absolute Gasteiger partial charge is 0.186 e. The van der Waals surface area contributed by atoms with Crippen molar-refractivity contribution >= 4 is 87.2 Å². The van der Waals surface area contributed by atoms with E-state index in [4.69, 9.17) is 0 Å². The number of fused-ring (bicyclic) bond motifs is 15. The summed E-state index contributed by atoms with van der Waals surface area (Å²) in [6, 6.07) is 69.0. The van der Waals surface area contributed by atoms with Crippen LogP contribution in [-0.4, -0.2) is 18.3 Å². The molecule has 0 amide bonds. The lowest BCUT2D eigenvalue weighted by Gasteiger charge is -2.34. The molecule has 0 fully saturated rings. The number of aryl methyl sites for hydroxylation is 2. The van der Waals surface area contributed by atoms with Crippen molar-refractivity contribution in [3.63, 3.8) is 0 Å². The molecule has 12 aromatic carbocycles. The van der Waals surface area contributed by atoms with Crippen LogP contribution in [0.1, 0.15) is 123 Å². The van der Waals surface area contributed by atoms with E-state index < -0.39 is 63.3 Å². The highest BCUT2D eigenvalue weighted by Crippen LogP contribution is 2.58. The molecular formula is C91H66F8N4. The summed E-state index contributed by atoms with van der Waals surface area (Å²) in [7, 11) is 0. The van der Waals surface area contributed by atoms with E-state index in [9.17, 15) is 17.6 Å². The van der Waals surface area contributed by atoms with Crippen LogP contribution in [0.5, 0.6) is 0 Å². The highest BCUT2D eigenvalue weighted by atomic mass is 19.2. The first-order valence-corrected chi connectivity index (χ1v) is 35.4. The second-order valence-electron chi connectivity index (χ2n) is 27.2. The topological polar surface area (TPSA) is 19.7 Å². The van der Waals surface area contributed by atoms with Gasteiger partial charge >= 0.3 is 0 Å². The lowest BCUT2D eigenvalue weighted by atomic mass is 9.67. The first kappa shape index (κ1) is 64.8. The molecule has 16 aromatic rings. The third kappa shape index (κ3) is 10.6. The van der Waals surface area contributed by atoms with Crippen LogP contribution in [0.25, 0.3) is 110 Å². The SMILES string of the molecule is CCCCCCCn1c2ccccc2c2cc(C3(c4ccc5c(c4)c4ccccc4n5CCCCCCC)c4cc(C#Cc5ccc6c(c5)c5ccccc5n6-c5c(F)c(F)cc(F)c5F)ccc4-c4ccc(C#Cc5ccc6c(c5)c5ccccc5n6-c5c(F)c(F)cc(F)c5F)cc43)ccc21. The Morgan fingerprint density at radius 3 is 0.971 bits per heavy atom. The van der Waals surface area contributed by atoms with Gasteiger partial charge in [-0.1, -0.05) is 186 Å². The first-order valence-electron chi connectivity index (χ1n) is 35.4. The molecule has 103 heavy (non-hydrogen) atoms. The first-order chi connectivity index (χ1) is 50.3. The van der Waals surface area contributed by atoms with Gasteiger partial charge in [-0.15, -0.1) is 0 Å². The molecule has 0 unspecified atom stereocenters. The number of benzene rings is 12. The fourth-order valence-electron chi connectivity index (χ4n) is 16.5. The van der Waals surface area contributed by atoms with Crippen molar-refractivity contribution in [2.75, 3.05) is 0 Å². The number of rotatable bonds is 16. The predicted molar refractivity (Wildman–Crippen MR) is 400 cm³/mol. The van der Waals surface area contributed by atoms with Gasteiger partial charge in [0.1, 0.15) is 11.4 Å². The fraction of sp³-hybridized carbons (Fsp3) is 0.165. The summed E-state index contributed by atoms with van der Waals surface area (Å²) in [5.41, 5.74) is 11.9. The van der Waals surface area contributed by atoms with E-state index >= 15 is 17.6 Å². The summed E-state index contributed by atoms with van der Waals surface area (Å²) in [6.45, 7) is 6.21. The molecule has 1 aliphatic carbocycles. The van der Waals surface area contributed by atoms with Gasteiger partial charge in [0.2, 0.25) is 0 Å². The molecule has 0 radical (unpaired) electrons. The summed E-state index contributed by atoms with van der Waals surface area (Å²) in [5, 5.41) is 6.91. The predicted octanol–water partition coefficient (Wildman–Crippen LogP) is 24.3. The molecule has 0 N–H and O–H groups in total. The molecule has 0 spiro atoms. The lowest BCUT2D eigenvalue weighted by molar-refractivity contribution is 0.449. The summed E-state index contributed by atoms with van der Waals surface area (Å²) in [5.74, 6) is 1.89. The van der Waals surface area contributed by atoms with Crippen LogP contribution in [0.15, 0.2) is 218 Å². The van der Waals surface area contributed by atoms with E-state index in [1.165, 1.54) is 45.9 Å². The Balaban J connectivity index is 0.879. The van der Waals surface area contributed by atoms with Crippen molar-refractivity contribution in [1.82, 2.24) is 18.3 Å². The fourth-order valence-corrected chi connectivity index (χ4v) is 16.5. The Morgan fingerprint density at radius 2 is 0.583 bits per heavy atom. The van der Waals surface area contributed by atoms with Gasteiger partial charge in [0.25, 0.3) is 0 Å². The maximum atomic E-state index is 15.7. The summed E-state index contributed by atoms with van der Waals surface area (Å²) in [4.78, 5) is 0. The second-order valence-corrected chi connectivity index (χ2v) is 27.2. The van der Waals surface area contributed by atoms with E-state index in [0.717, 1.165) is 118 Å². The third-order valence-corrected chi connectivity index (χ3v) is 21.2. The van der Waals surface area contributed by atoms with Crippen LogP contribution in [0.4, 0.5) is 35.1 Å². The van der Waals surface area contributed by atoms with Crippen molar-refractivity contribution < 1.29 is 35.1 Å². The van der Waals surface area contributed by atoms with Gasteiger partial charge in [-0.25, -0.2) is 35.1 Å². The Bertz CT molecular complexity index is 5880. The third-order valence-electron chi connectivity index (χ3n) is 21.2. The normalized spacial score (nSPS) is 12.6. The van der Waals surface area contributed by atoms with E-state index in [2.05, 4.69) is 156 Å². The molecule has 17 rings (SSSR count). The van der Waals surface area contributed by atoms with Crippen molar-refractivity contribution in [3.8, 4) is 46.2 Å². The number of para-hydroxylation sites is 4. The highest BCUT2D eigenvalue weighted by Gasteiger charge is 2.47. The molecule has 12 heteroatoms. The molecule has 0 saturated heterocycles. The average molecular weight is 1370 g/mol. The van der Waals surface area contributed by atoms with E-state index in [0.29, 0.717) is 65.9 Å². The number of nitrogens with zero attached hydrogens (tertiary/aromatic N) is 4. The Labute approximate surface area is 589 Å². The number of hydrogen-bond acceptors (Lipinski definition) is 0. The number of aromatic nitrogens is 4. The monoisotopic (exact) mass is 1370 g/mol. The molecular weight excluding hydrogens is 1300 g/mol. The van der Waals surface area contributed by atoms with E-state index in [-0.39, 0.29) is 12.1 Å². The molecule has 1 aliphatic rings. The summed E-state index contributed by atoms with van der Waals surface area (Å²) >= 11 is 0. The van der Waals surface area contributed by atoms with Gasteiger partial charge in [0.15, 0.2) is 46.5 Å². The molecule has 0 saturated carbocycles.